The molecule has 0 aliphatic carbocycles. The van der Waals surface area contributed by atoms with E-state index in [0.717, 1.165) is 6.42 Å². The standard InChI is InChI=1S/C21H25N3O5S2/c1-15(25)24-19-5-4-18(31(27,28)23-8-10-29-11-9-23)13-16(19)14-20(24)21(26)22-7-6-17-3-2-12-30-17/h2-5,12-13,20H,6-11,14H2,1H3,(H,22,26)/t20-/m0/s1. The van der Waals surface area contributed by atoms with Crippen molar-refractivity contribution in [1.29, 1.82) is 0 Å². The van der Waals surface area contributed by atoms with Gasteiger partial charge in [0.15, 0.2) is 0 Å². The molecule has 0 radical (unpaired) electrons. The quantitative estimate of drug-likeness (QED) is 0.699. The number of carbonyl (C=O) groups excluding carboxylic acids is 2. The van der Waals surface area contributed by atoms with Crippen LogP contribution in [0.1, 0.15) is 17.4 Å². The molecule has 0 spiro atoms. The van der Waals surface area contributed by atoms with Gasteiger partial charge in [-0.05, 0) is 41.6 Å². The van der Waals surface area contributed by atoms with Crippen LogP contribution in [0.3, 0.4) is 0 Å². The molecule has 0 bridgehead atoms. The van der Waals surface area contributed by atoms with Gasteiger partial charge in [-0.2, -0.15) is 4.31 Å². The Hall–Kier alpha value is -2.27. The molecule has 1 saturated heterocycles. The Labute approximate surface area is 185 Å². The van der Waals surface area contributed by atoms with Crippen molar-refractivity contribution in [3.63, 3.8) is 0 Å². The summed E-state index contributed by atoms with van der Waals surface area (Å²) >= 11 is 1.63. The average molecular weight is 464 g/mol. The number of thiophene rings is 1. The summed E-state index contributed by atoms with van der Waals surface area (Å²) in [6.45, 7) is 3.27. The molecule has 0 saturated carbocycles. The van der Waals surface area contributed by atoms with Crippen LogP contribution in [0.2, 0.25) is 0 Å². The molecular formula is C21H25N3O5S2. The highest BCUT2D eigenvalue weighted by molar-refractivity contribution is 7.89. The first-order valence-corrected chi connectivity index (χ1v) is 12.5. The largest absolute Gasteiger partial charge is 0.379 e. The highest BCUT2D eigenvalue weighted by atomic mass is 32.2. The summed E-state index contributed by atoms with van der Waals surface area (Å²) < 4.78 is 32.6. The van der Waals surface area contributed by atoms with Crippen LogP contribution in [0.4, 0.5) is 5.69 Å². The topological polar surface area (TPSA) is 96.0 Å². The first-order chi connectivity index (χ1) is 14.9. The Bertz CT molecular complexity index is 1060. The number of morpholine rings is 1. The number of fused-ring (bicyclic) bond motifs is 1. The Morgan fingerprint density at radius 2 is 2.00 bits per heavy atom. The fourth-order valence-corrected chi connectivity index (χ4v) is 6.17. The average Bonchev–Trinajstić information content (AvgIpc) is 3.41. The van der Waals surface area contributed by atoms with Crippen LogP contribution in [0.15, 0.2) is 40.6 Å². The zero-order chi connectivity index (χ0) is 22.0. The number of hydrogen-bond donors (Lipinski definition) is 1. The van der Waals surface area contributed by atoms with Crippen LogP contribution < -0.4 is 10.2 Å². The molecule has 1 aromatic heterocycles. The number of nitrogens with one attached hydrogen (secondary N) is 1. The summed E-state index contributed by atoms with van der Waals surface area (Å²) in [5, 5.41) is 4.90. The molecule has 1 atom stereocenters. The first-order valence-electron chi connectivity index (χ1n) is 10.2. The molecule has 2 aliphatic heterocycles. The second-order valence-corrected chi connectivity index (χ2v) is 10.5. The fourth-order valence-electron chi connectivity index (χ4n) is 4.00. The number of sulfonamides is 1. The van der Waals surface area contributed by atoms with E-state index in [9.17, 15) is 18.0 Å². The maximum Gasteiger partial charge on any atom is 0.243 e. The van der Waals surface area contributed by atoms with Crippen molar-refractivity contribution >= 4 is 38.9 Å². The molecule has 0 unspecified atom stereocenters. The van der Waals surface area contributed by atoms with E-state index in [2.05, 4.69) is 5.32 Å². The monoisotopic (exact) mass is 463 g/mol. The normalized spacial score (nSPS) is 19.3. The highest BCUT2D eigenvalue weighted by Gasteiger charge is 2.38. The van der Waals surface area contributed by atoms with Crippen LogP contribution in [0.5, 0.6) is 0 Å². The molecule has 2 aromatic rings. The lowest BCUT2D eigenvalue weighted by Gasteiger charge is -2.26. The van der Waals surface area contributed by atoms with Gasteiger partial charge in [0.05, 0.1) is 18.1 Å². The minimum Gasteiger partial charge on any atom is -0.379 e. The van der Waals surface area contributed by atoms with Crippen molar-refractivity contribution in [3.8, 4) is 0 Å². The van der Waals surface area contributed by atoms with Gasteiger partial charge in [0, 0.05) is 43.5 Å². The molecule has 1 fully saturated rings. The lowest BCUT2D eigenvalue weighted by Crippen LogP contribution is -2.47. The van der Waals surface area contributed by atoms with E-state index in [4.69, 9.17) is 4.74 Å². The van der Waals surface area contributed by atoms with Gasteiger partial charge in [-0.3, -0.25) is 14.5 Å². The van der Waals surface area contributed by atoms with Gasteiger partial charge in [-0.15, -0.1) is 11.3 Å². The maximum atomic E-state index is 13.0. The SMILES string of the molecule is CC(=O)N1c2ccc(S(=O)(=O)N3CCOCC3)cc2C[C@H]1C(=O)NCCc1cccs1. The Morgan fingerprint density at radius 1 is 1.23 bits per heavy atom. The molecule has 3 heterocycles. The van der Waals surface area contributed by atoms with Crippen LogP contribution in [0, 0.1) is 0 Å². The molecule has 10 heteroatoms. The number of benzene rings is 1. The van der Waals surface area contributed by atoms with E-state index in [-0.39, 0.29) is 23.1 Å². The van der Waals surface area contributed by atoms with E-state index in [1.807, 2.05) is 17.5 Å². The van der Waals surface area contributed by atoms with Crippen LogP contribution in [0.25, 0.3) is 0 Å². The lowest BCUT2D eigenvalue weighted by molar-refractivity contribution is -0.125. The van der Waals surface area contributed by atoms with Gasteiger partial charge >= 0.3 is 0 Å². The van der Waals surface area contributed by atoms with Crippen molar-refractivity contribution in [1.82, 2.24) is 9.62 Å². The van der Waals surface area contributed by atoms with Gasteiger partial charge < -0.3 is 10.1 Å². The Balaban J connectivity index is 1.51. The zero-order valence-corrected chi connectivity index (χ0v) is 18.9. The van der Waals surface area contributed by atoms with Crippen molar-refractivity contribution < 1.29 is 22.7 Å². The van der Waals surface area contributed by atoms with Crippen LogP contribution in [-0.2, 0) is 37.2 Å². The summed E-state index contributed by atoms with van der Waals surface area (Å²) in [5.41, 5.74) is 1.27. The third kappa shape index (κ3) is 4.52. The van der Waals surface area contributed by atoms with E-state index >= 15 is 0 Å². The Morgan fingerprint density at radius 3 is 2.68 bits per heavy atom. The van der Waals surface area contributed by atoms with Crippen LogP contribution >= 0.6 is 11.3 Å². The summed E-state index contributed by atoms with van der Waals surface area (Å²) in [6, 6.07) is 8.03. The minimum atomic E-state index is -3.65. The maximum absolute atomic E-state index is 13.0. The molecule has 1 aromatic carbocycles. The van der Waals surface area contributed by atoms with Crippen molar-refractivity contribution in [2.45, 2.75) is 30.7 Å². The van der Waals surface area contributed by atoms with E-state index in [0.29, 0.717) is 44.1 Å². The van der Waals surface area contributed by atoms with Crippen molar-refractivity contribution in [3.05, 3.63) is 46.2 Å². The highest BCUT2D eigenvalue weighted by Crippen LogP contribution is 2.35. The summed E-state index contributed by atoms with van der Waals surface area (Å²) in [7, 11) is -3.65. The smallest absolute Gasteiger partial charge is 0.243 e. The third-order valence-corrected chi connectivity index (χ3v) is 8.37. The van der Waals surface area contributed by atoms with Crippen LogP contribution in [-0.4, -0.2) is 63.4 Å². The molecule has 4 rings (SSSR count). The van der Waals surface area contributed by atoms with E-state index in [1.165, 1.54) is 27.1 Å². The fraction of sp³-hybridized carbons (Fsp3) is 0.429. The van der Waals surface area contributed by atoms with Gasteiger partial charge in [0.2, 0.25) is 21.8 Å². The number of amides is 2. The summed E-state index contributed by atoms with van der Waals surface area (Å²) in [5.74, 6) is -0.485. The predicted molar refractivity (Wildman–Crippen MR) is 118 cm³/mol. The number of anilines is 1. The molecule has 2 amide bonds. The molecule has 166 valence electrons. The van der Waals surface area contributed by atoms with Crippen molar-refractivity contribution in [2.75, 3.05) is 37.7 Å². The number of hydrogen-bond acceptors (Lipinski definition) is 6. The number of ether oxygens (including phenoxy) is 1. The molecule has 8 nitrogen and oxygen atoms in total. The van der Waals surface area contributed by atoms with Crippen molar-refractivity contribution in [2.24, 2.45) is 0 Å². The predicted octanol–water partition coefficient (Wildman–Crippen LogP) is 1.41. The summed E-state index contributed by atoms with van der Waals surface area (Å²) in [6.07, 6.45) is 1.01. The number of carbonyl (C=O) groups is 2. The van der Waals surface area contributed by atoms with Gasteiger partial charge in [0.1, 0.15) is 6.04 Å². The molecule has 2 aliphatic rings. The van der Waals surface area contributed by atoms with E-state index < -0.39 is 16.1 Å². The minimum absolute atomic E-state index is 0.176. The number of nitrogens with zero attached hydrogens (tertiary/aromatic N) is 2. The van der Waals surface area contributed by atoms with Gasteiger partial charge in [-0.1, -0.05) is 6.07 Å². The molecule has 1 N–H and O–H groups in total. The third-order valence-electron chi connectivity index (χ3n) is 5.54. The number of rotatable bonds is 6. The molecule has 31 heavy (non-hydrogen) atoms. The van der Waals surface area contributed by atoms with E-state index in [1.54, 1.807) is 23.5 Å². The molecular weight excluding hydrogens is 438 g/mol. The van der Waals surface area contributed by atoms with Gasteiger partial charge in [-0.25, -0.2) is 8.42 Å². The summed E-state index contributed by atoms with van der Waals surface area (Å²) in [4.78, 5) is 28.0. The second-order valence-electron chi connectivity index (χ2n) is 7.54. The van der Waals surface area contributed by atoms with Gasteiger partial charge in [0.25, 0.3) is 0 Å². The first kappa shape index (κ1) is 21.9. The lowest BCUT2D eigenvalue weighted by atomic mass is 10.1. The zero-order valence-electron chi connectivity index (χ0n) is 17.2. The second kappa shape index (κ2) is 9.07. The Kier molecular flexibility index (Phi) is 6.42.